The van der Waals surface area contributed by atoms with Crippen molar-refractivity contribution in [2.45, 2.75) is 58.3 Å². The van der Waals surface area contributed by atoms with E-state index in [4.69, 9.17) is 0 Å². The monoisotopic (exact) mass is 398 g/mol. The first-order valence-electron chi connectivity index (χ1n) is 9.28. The minimum Gasteiger partial charge on any atom is -0.507 e. The Kier molecular flexibility index (Phi) is 10.1. The van der Waals surface area contributed by atoms with E-state index in [1.54, 1.807) is 6.07 Å². The van der Waals surface area contributed by atoms with E-state index in [0.29, 0.717) is 6.42 Å². The van der Waals surface area contributed by atoms with Crippen molar-refractivity contribution < 1.29 is 31.5 Å². The van der Waals surface area contributed by atoms with Crippen molar-refractivity contribution in [2.24, 2.45) is 0 Å². The van der Waals surface area contributed by atoms with Crippen LogP contribution in [0.15, 0.2) is 42.5 Å². The molecule has 2 N–H and O–H groups in total. The number of benzene rings is 2. The number of aryl methyl sites for hydroxylation is 1. The normalized spacial score (nSPS) is 10.3. The van der Waals surface area contributed by atoms with E-state index in [-0.39, 0.29) is 27.8 Å². The van der Waals surface area contributed by atoms with Gasteiger partial charge in [-0.1, -0.05) is 75.8 Å². The van der Waals surface area contributed by atoms with Crippen LogP contribution in [0.1, 0.15) is 67.8 Å². The van der Waals surface area contributed by atoms with Gasteiger partial charge < -0.3 is 10.2 Å². The summed E-state index contributed by atoms with van der Waals surface area (Å²) in [7, 11) is 0. The van der Waals surface area contributed by atoms with Crippen molar-refractivity contribution in [1.82, 2.24) is 0 Å². The quantitative estimate of drug-likeness (QED) is 0.378. The molecule has 2 rings (SSSR count). The summed E-state index contributed by atoms with van der Waals surface area (Å²) in [6.07, 6.45) is 9.07. The maximum absolute atomic E-state index is 11.5. The number of carbonyl (C=O) groups is 1. The van der Waals surface area contributed by atoms with Crippen molar-refractivity contribution in [3.8, 4) is 16.9 Å². The van der Waals surface area contributed by atoms with Crippen molar-refractivity contribution in [2.75, 3.05) is 0 Å². The Morgan fingerprint density at radius 2 is 1.50 bits per heavy atom. The molecule has 0 amide bonds. The number of aromatic hydroxyl groups is 1. The van der Waals surface area contributed by atoms with E-state index < -0.39 is 5.97 Å². The molecule has 3 nitrogen and oxygen atoms in total. The molecular formula is C22H28NiO3. The summed E-state index contributed by atoms with van der Waals surface area (Å²) in [6, 6.07) is 13.2. The summed E-state index contributed by atoms with van der Waals surface area (Å²) >= 11 is 0. The molecule has 0 unspecified atom stereocenters. The number of rotatable bonds is 10. The Labute approximate surface area is 166 Å². The summed E-state index contributed by atoms with van der Waals surface area (Å²) in [5, 5.41) is 19.7. The largest absolute Gasteiger partial charge is 0.507 e. The topological polar surface area (TPSA) is 57.5 Å². The van der Waals surface area contributed by atoms with Gasteiger partial charge in [0.05, 0.1) is 0 Å². The standard InChI is InChI=1S/C22H28O3.Ni/c1-2-3-4-5-6-7-9-14-18-15-19(17-12-10-8-11-13-17)16-20(21(18)23)22(24)25;/h8,10-13,15-16,23H,2-7,9,14H2,1H3,(H,24,25);. The summed E-state index contributed by atoms with van der Waals surface area (Å²) in [5.74, 6) is -1.17. The minimum atomic E-state index is -1.09. The molecule has 144 valence electrons. The molecule has 0 radical (unpaired) electrons. The van der Waals surface area contributed by atoms with Gasteiger partial charge in [0.2, 0.25) is 0 Å². The van der Waals surface area contributed by atoms with Gasteiger partial charge in [-0.15, -0.1) is 0 Å². The Balaban J connectivity index is 0.00000338. The zero-order chi connectivity index (χ0) is 18.1. The Morgan fingerprint density at radius 3 is 2.12 bits per heavy atom. The van der Waals surface area contributed by atoms with Gasteiger partial charge in [-0.05, 0) is 41.7 Å². The third-order valence-corrected chi connectivity index (χ3v) is 4.58. The van der Waals surface area contributed by atoms with Crippen LogP contribution in [-0.4, -0.2) is 16.2 Å². The molecule has 0 aromatic heterocycles. The zero-order valence-electron chi connectivity index (χ0n) is 15.3. The number of carboxylic acid groups (broad SMARTS) is 1. The number of aromatic carboxylic acids is 1. The molecule has 0 saturated heterocycles. The van der Waals surface area contributed by atoms with Gasteiger partial charge in [0, 0.05) is 16.5 Å². The number of hydrogen-bond acceptors (Lipinski definition) is 2. The third kappa shape index (κ3) is 6.50. The van der Waals surface area contributed by atoms with Crippen LogP contribution in [0.4, 0.5) is 0 Å². The van der Waals surface area contributed by atoms with Crippen LogP contribution < -0.4 is 0 Å². The fourth-order valence-electron chi connectivity index (χ4n) is 3.12. The van der Waals surface area contributed by atoms with Crippen LogP contribution in [0, 0.1) is 0 Å². The van der Waals surface area contributed by atoms with Crippen LogP contribution >= 0.6 is 0 Å². The molecule has 0 heterocycles. The molecule has 0 atom stereocenters. The summed E-state index contributed by atoms with van der Waals surface area (Å²) in [6.45, 7) is 2.21. The minimum absolute atomic E-state index is 0. The van der Waals surface area contributed by atoms with Crippen LogP contribution in [0.25, 0.3) is 11.1 Å². The van der Waals surface area contributed by atoms with Crippen LogP contribution in [0.5, 0.6) is 5.75 Å². The van der Waals surface area contributed by atoms with E-state index in [2.05, 4.69) is 6.92 Å². The molecule has 0 aliphatic heterocycles. The summed E-state index contributed by atoms with van der Waals surface area (Å²) in [4.78, 5) is 11.5. The smallest absolute Gasteiger partial charge is 0.339 e. The van der Waals surface area contributed by atoms with Gasteiger partial charge in [0.25, 0.3) is 0 Å². The first kappa shape index (κ1) is 22.2. The van der Waals surface area contributed by atoms with E-state index in [9.17, 15) is 15.0 Å². The molecule has 0 aliphatic carbocycles. The van der Waals surface area contributed by atoms with Gasteiger partial charge >= 0.3 is 5.97 Å². The zero-order valence-corrected chi connectivity index (χ0v) is 16.3. The molecule has 26 heavy (non-hydrogen) atoms. The van der Waals surface area contributed by atoms with Crippen molar-refractivity contribution in [3.05, 3.63) is 53.6 Å². The second-order valence-electron chi connectivity index (χ2n) is 6.57. The molecular weight excluding hydrogens is 371 g/mol. The third-order valence-electron chi connectivity index (χ3n) is 4.58. The van der Waals surface area contributed by atoms with Crippen LogP contribution in [-0.2, 0) is 22.9 Å². The fraction of sp³-hybridized carbons (Fsp3) is 0.409. The number of phenols is 1. The van der Waals surface area contributed by atoms with Gasteiger partial charge in [-0.25, -0.2) is 4.79 Å². The Morgan fingerprint density at radius 1 is 0.885 bits per heavy atom. The van der Waals surface area contributed by atoms with Crippen LogP contribution in [0.2, 0.25) is 0 Å². The Bertz CT molecular complexity index is 683. The molecule has 2 aromatic carbocycles. The second-order valence-corrected chi connectivity index (χ2v) is 6.57. The van der Waals surface area contributed by atoms with Crippen LogP contribution in [0.3, 0.4) is 0 Å². The van der Waals surface area contributed by atoms with Gasteiger partial charge in [-0.2, -0.15) is 0 Å². The van der Waals surface area contributed by atoms with E-state index in [1.165, 1.54) is 32.1 Å². The first-order valence-corrected chi connectivity index (χ1v) is 9.28. The van der Waals surface area contributed by atoms with E-state index in [0.717, 1.165) is 29.5 Å². The second kappa shape index (κ2) is 11.7. The number of hydrogen-bond donors (Lipinski definition) is 2. The summed E-state index contributed by atoms with van der Waals surface area (Å²) in [5.41, 5.74) is 2.52. The average Bonchev–Trinajstić information content (AvgIpc) is 2.62. The van der Waals surface area contributed by atoms with E-state index in [1.807, 2.05) is 36.4 Å². The number of carboxylic acids is 1. The molecule has 4 heteroatoms. The maximum Gasteiger partial charge on any atom is 0.339 e. The first-order chi connectivity index (χ1) is 12.1. The molecule has 0 saturated carbocycles. The van der Waals surface area contributed by atoms with E-state index >= 15 is 0 Å². The molecule has 0 fully saturated rings. The van der Waals surface area contributed by atoms with Crippen molar-refractivity contribution >= 4 is 5.97 Å². The molecule has 2 aromatic rings. The predicted octanol–water partition coefficient (Wildman–Crippen LogP) is 6.05. The molecule has 0 bridgehead atoms. The van der Waals surface area contributed by atoms with Gasteiger partial charge in [0.1, 0.15) is 11.3 Å². The van der Waals surface area contributed by atoms with Gasteiger partial charge in [-0.3, -0.25) is 0 Å². The average molecular weight is 399 g/mol. The Hall–Kier alpha value is -1.80. The SMILES string of the molecule is CCCCCCCCCc1cc(-c2ccccc2)cc(C(=O)O)c1O.[Ni]. The molecule has 0 aliphatic rings. The van der Waals surface area contributed by atoms with Crippen molar-refractivity contribution in [3.63, 3.8) is 0 Å². The maximum atomic E-state index is 11.5. The predicted molar refractivity (Wildman–Crippen MR) is 102 cm³/mol. The molecule has 0 spiro atoms. The number of unbranched alkanes of at least 4 members (excludes halogenated alkanes) is 6. The fourth-order valence-corrected chi connectivity index (χ4v) is 3.12. The summed E-state index contributed by atoms with van der Waals surface area (Å²) < 4.78 is 0. The van der Waals surface area contributed by atoms with Gasteiger partial charge in [0.15, 0.2) is 0 Å². The van der Waals surface area contributed by atoms with Crippen molar-refractivity contribution in [1.29, 1.82) is 0 Å².